The second-order valence-corrected chi connectivity index (χ2v) is 8.24. The van der Waals surface area contributed by atoms with Gasteiger partial charge in [0, 0.05) is 6.20 Å². The van der Waals surface area contributed by atoms with E-state index in [9.17, 15) is 10.1 Å². The Morgan fingerprint density at radius 3 is 2.22 bits per heavy atom. The molecule has 5 heteroatoms. The second kappa shape index (κ2) is 6.57. The Bertz CT molecular complexity index is 589. The maximum Gasteiger partial charge on any atom is 0.413 e. The summed E-state index contributed by atoms with van der Waals surface area (Å²) in [5.41, 5.74) is -0.311. The van der Waals surface area contributed by atoms with Gasteiger partial charge in [0.05, 0.1) is 11.5 Å². The Labute approximate surface area is 139 Å². The molecule has 0 aliphatic heterocycles. The van der Waals surface area contributed by atoms with Crippen LogP contribution in [0.15, 0.2) is 18.3 Å². The number of ether oxygens (including phenoxy) is 1. The summed E-state index contributed by atoms with van der Waals surface area (Å²) in [6, 6.07) is 5.91. The summed E-state index contributed by atoms with van der Waals surface area (Å²) < 4.78 is 5.18. The maximum atomic E-state index is 11.7. The number of nitriles is 1. The van der Waals surface area contributed by atoms with Gasteiger partial charge in [-0.25, -0.2) is 9.78 Å². The summed E-state index contributed by atoms with van der Waals surface area (Å²) >= 11 is 0. The molecule has 1 amide bonds. The smallest absolute Gasteiger partial charge is 0.413 e. The predicted octanol–water partition coefficient (Wildman–Crippen LogP) is 4.65. The molecule has 5 nitrogen and oxygen atoms in total. The monoisotopic (exact) mass is 317 g/mol. The molecule has 1 aromatic rings. The number of nitrogens with one attached hydrogen (secondary N) is 1. The van der Waals surface area contributed by atoms with Gasteiger partial charge >= 0.3 is 6.09 Å². The maximum absolute atomic E-state index is 11.7. The van der Waals surface area contributed by atoms with Gasteiger partial charge in [-0.1, -0.05) is 26.8 Å². The third kappa shape index (κ3) is 6.27. The van der Waals surface area contributed by atoms with E-state index in [0.717, 1.165) is 12.0 Å². The van der Waals surface area contributed by atoms with Crippen molar-refractivity contribution in [2.75, 3.05) is 5.32 Å². The molecule has 0 bridgehead atoms. The van der Waals surface area contributed by atoms with Crippen LogP contribution in [0, 0.1) is 16.7 Å². The summed E-state index contributed by atoms with van der Waals surface area (Å²) in [5.74, 6) is 0.402. The molecule has 0 spiro atoms. The van der Waals surface area contributed by atoms with E-state index in [2.05, 4.69) is 37.1 Å². The summed E-state index contributed by atoms with van der Waals surface area (Å²) in [6.07, 6.45) is 1.81. The first-order valence-electron chi connectivity index (χ1n) is 7.72. The highest BCUT2D eigenvalue weighted by atomic mass is 16.6. The van der Waals surface area contributed by atoms with Crippen molar-refractivity contribution in [1.29, 1.82) is 5.26 Å². The van der Waals surface area contributed by atoms with Gasteiger partial charge in [0.25, 0.3) is 0 Å². The van der Waals surface area contributed by atoms with Crippen molar-refractivity contribution in [3.8, 4) is 6.07 Å². The normalized spacial score (nSPS) is 14.5. The summed E-state index contributed by atoms with van der Waals surface area (Å²) in [6.45, 7) is 13.6. The lowest BCUT2D eigenvalue weighted by molar-refractivity contribution is 0.0635. The first-order valence-corrected chi connectivity index (χ1v) is 7.72. The van der Waals surface area contributed by atoms with Gasteiger partial charge in [-0.15, -0.1) is 0 Å². The van der Waals surface area contributed by atoms with Crippen LogP contribution in [-0.2, 0) is 10.2 Å². The van der Waals surface area contributed by atoms with Crippen molar-refractivity contribution in [2.24, 2.45) is 5.41 Å². The third-order valence-electron chi connectivity index (χ3n) is 3.16. The molecule has 23 heavy (non-hydrogen) atoms. The number of hydrogen-bond acceptors (Lipinski definition) is 4. The van der Waals surface area contributed by atoms with Gasteiger partial charge in [0.15, 0.2) is 0 Å². The average Bonchev–Trinajstić information content (AvgIpc) is 2.35. The standard InChI is InChI=1S/C18H27N3O2/c1-16(2,3)11-18(7,12-19)13-8-9-14(20-10-13)21-15(22)23-17(4,5)6/h8-10H,11H2,1-7H3,(H,20,21,22). The van der Waals surface area contributed by atoms with Gasteiger partial charge in [0.1, 0.15) is 11.4 Å². The molecule has 0 aromatic carbocycles. The van der Waals surface area contributed by atoms with E-state index < -0.39 is 17.1 Å². The number of amides is 1. The van der Waals surface area contributed by atoms with Crippen molar-refractivity contribution >= 4 is 11.9 Å². The molecule has 0 aliphatic rings. The van der Waals surface area contributed by atoms with Crippen LogP contribution in [0.4, 0.5) is 10.6 Å². The summed E-state index contributed by atoms with van der Waals surface area (Å²) in [7, 11) is 0. The van der Waals surface area contributed by atoms with Crippen molar-refractivity contribution in [1.82, 2.24) is 4.98 Å². The number of aromatic nitrogens is 1. The lowest BCUT2D eigenvalue weighted by Crippen LogP contribution is -2.28. The molecule has 1 rings (SSSR count). The minimum Gasteiger partial charge on any atom is -0.444 e. The molecular formula is C18H27N3O2. The van der Waals surface area contributed by atoms with Crippen LogP contribution in [0.3, 0.4) is 0 Å². The van der Waals surface area contributed by atoms with Crippen LogP contribution in [0.5, 0.6) is 0 Å². The quantitative estimate of drug-likeness (QED) is 0.880. The Hall–Kier alpha value is -2.09. The van der Waals surface area contributed by atoms with Crippen LogP contribution in [0.25, 0.3) is 0 Å². The second-order valence-electron chi connectivity index (χ2n) is 8.24. The van der Waals surface area contributed by atoms with Gasteiger partial charge < -0.3 is 4.74 Å². The zero-order valence-electron chi connectivity index (χ0n) is 15.2. The van der Waals surface area contributed by atoms with Crippen molar-refractivity contribution in [2.45, 2.75) is 65.9 Å². The molecule has 0 saturated carbocycles. The molecular weight excluding hydrogens is 290 g/mol. The SMILES string of the molecule is CC(C)(C)CC(C)(C#N)c1ccc(NC(=O)OC(C)(C)C)nc1. The minimum absolute atomic E-state index is 0.0257. The van der Waals surface area contributed by atoms with Crippen LogP contribution >= 0.6 is 0 Å². The van der Waals surface area contributed by atoms with Crippen LogP contribution in [-0.4, -0.2) is 16.7 Å². The van der Waals surface area contributed by atoms with E-state index in [1.54, 1.807) is 33.0 Å². The van der Waals surface area contributed by atoms with Gasteiger partial charge in [-0.05, 0) is 51.2 Å². The Morgan fingerprint density at radius 2 is 1.83 bits per heavy atom. The lowest BCUT2D eigenvalue weighted by atomic mass is 9.72. The van der Waals surface area contributed by atoms with Crippen molar-refractivity contribution < 1.29 is 9.53 Å². The first kappa shape index (κ1) is 19.0. The molecule has 1 atom stereocenters. The zero-order valence-corrected chi connectivity index (χ0v) is 15.2. The van der Waals surface area contributed by atoms with Crippen LogP contribution in [0.2, 0.25) is 0 Å². The van der Waals surface area contributed by atoms with Gasteiger partial charge in [0.2, 0.25) is 0 Å². The summed E-state index contributed by atoms with van der Waals surface area (Å²) in [5, 5.41) is 12.2. The molecule has 1 aromatic heterocycles. The highest BCUT2D eigenvalue weighted by molar-refractivity contribution is 5.83. The van der Waals surface area contributed by atoms with E-state index >= 15 is 0 Å². The molecule has 0 aliphatic carbocycles. The Morgan fingerprint density at radius 1 is 1.22 bits per heavy atom. The third-order valence-corrected chi connectivity index (χ3v) is 3.16. The fourth-order valence-electron chi connectivity index (χ4n) is 2.47. The van der Waals surface area contributed by atoms with Gasteiger partial charge in [-0.3, -0.25) is 5.32 Å². The number of carbonyl (C=O) groups excluding carboxylic acids is 1. The topological polar surface area (TPSA) is 75.0 Å². The highest BCUT2D eigenvalue weighted by Crippen LogP contribution is 2.36. The molecule has 126 valence electrons. The molecule has 0 radical (unpaired) electrons. The largest absolute Gasteiger partial charge is 0.444 e. The number of rotatable bonds is 3. The fraction of sp³-hybridized carbons (Fsp3) is 0.611. The number of nitrogens with zero attached hydrogens (tertiary/aromatic N) is 2. The highest BCUT2D eigenvalue weighted by Gasteiger charge is 2.32. The van der Waals surface area contributed by atoms with Crippen molar-refractivity contribution in [3.05, 3.63) is 23.9 Å². The van der Waals surface area contributed by atoms with Crippen LogP contribution < -0.4 is 5.32 Å². The number of hydrogen-bond donors (Lipinski definition) is 1. The van der Waals surface area contributed by atoms with Crippen LogP contribution in [0.1, 0.15) is 60.5 Å². The first-order chi connectivity index (χ1) is 10.3. The van der Waals surface area contributed by atoms with E-state index in [4.69, 9.17) is 4.74 Å². The number of anilines is 1. The lowest BCUT2D eigenvalue weighted by Gasteiger charge is -2.30. The number of carbonyl (C=O) groups is 1. The van der Waals surface area contributed by atoms with E-state index in [1.807, 2.05) is 13.0 Å². The number of pyridine rings is 1. The predicted molar refractivity (Wildman–Crippen MR) is 91.1 cm³/mol. The fourth-order valence-corrected chi connectivity index (χ4v) is 2.47. The van der Waals surface area contributed by atoms with Crippen molar-refractivity contribution in [3.63, 3.8) is 0 Å². The summed E-state index contributed by atoms with van der Waals surface area (Å²) in [4.78, 5) is 16.0. The molecule has 1 heterocycles. The Kier molecular flexibility index (Phi) is 5.42. The average molecular weight is 317 g/mol. The van der Waals surface area contributed by atoms with Gasteiger partial charge in [-0.2, -0.15) is 5.26 Å². The van der Waals surface area contributed by atoms with E-state index in [0.29, 0.717) is 5.82 Å². The Balaban J connectivity index is 2.87. The molecule has 1 unspecified atom stereocenters. The van der Waals surface area contributed by atoms with E-state index in [-0.39, 0.29) is 5.41 Å². The molecule has 0 fully saturated rings. The minimum atomic E-state index is -0.615. The molecule has 1 N–H and O–H groups in total. The molecule has 0 saturated heterocycles. The van der Waals surface area contributed by atoms with E-state index in [1.165, 1.54) is 0 Å². The zero-order chi connectivity index (χ0) is 17.9.